The first kappa shape index (κ1) is 31.5. The van der Waals surface area contributed by atoms with E-state index in [1.54, 1.807) is 0 Å². The Morgan fingerprint density at radius 1 is 0.311 bits per heavy atom. The van der Waals surface area contributed by atoms with E-state index in [0.29, 0.717) is 11.6 Å². The first-order valence-corrected chi connectivity index (χ1v) is 20.6. The van der Waals surface area contributed by atoms with Gasteiger partial charge < -0.3 is 9.13 Å². The smallest absolute Gasteiger partial charge is 0.236 e. The number of aromatic nitrogens is 8. The van der Waals surface area contributed by atoms with Crippen molar-refractivity contribution < 1.29 is 0 Å². The quantitative estimate of drug-likeness (QED) is 0.179. The molecule has 0 saturated carbocycles. The Hall–Kier alpha value is -8.49. The molecule has 0 aliphatic rings. The van der Waals surface area contributed by atoms with Crippen LogP contribution in [-0.2, 0) is 0 Å². The van der Waals surface area contributed by atoms with Gasteiger partial charge in [-0.3, -0.25) is 13.4 Å². The molecule has 0 radical (unpaired) electrons. The van der Waals surface area contributed by atoms with Crippen LogP contribution >= 0.6 is 0 Å². The van der Waals surface area contributed by atoms with E-state index >= 15 is 0 Å². The average molecular weight is 779 g/mol. The van der Waals surface area contributed by atoms with Crippen LogP contribution in [0.4, 0.5) is 0 Å². The molecule has 15 aromatic rings. The molecule has 0 unspecified atom stereocenters. The lowest BCUT2D eigenvalue weighted by Crippen LogP contribution is -2.01. The lowest BCUT2D eigenvalue weighted by Gasteiger charge is -2.09. The fourth-order valence-electron chi connectivity index (χ4n) is 10.7. The molecule has 8 heteroatoms. The molecule has 0 atom stereocenters. The summed E-state index contributed by atoms with van der Waals surface area (Å²) in [5.41, 5.74) is 13.7. The van der Waals surface area contributed by atoms with Crippen LogP contribution in [-0.4, -0.2) is 37.5 Å². The normalized spacial score (nSPS) is 12.6. The van der Waals surface area contributed by atoms with Crippen LogP contribution < -0.4 is 0 Å². The molecular formula is C53H30N8. The first-order chi connectivity index (χ1) is 30.3. The third-order valence-electron chi connectivity index (χ3n) is 13.1. The Kier molecular flexibility index (Phi) is 5.76. The number of nitrogens with zero attached hydrogens (tertiary/aromatic N) is 8. The van der Waals surface area contributed by atoms with Gasteiger partial charge in [0.1, 0.15) is 5.52 Å². The van der Waals surface area contributed by atoms with Gasteiger partial charge in [-0.15, -0.1) is 0 Å². The van der Waals surface area contributed by atoms with Gasteiger partial charge in [-0.1, -0.05) is 109 Å². The van der Waals surface area contributed by atoms with Gasteiger partial charge in [0.2, 0.25) is 11.7 Å². The largest absolute Gasteiger partial charge is 0.309 e. The van der Waals surface area contributed by atoms with Crippen molar-refractivity contribution in [2.45, 2.75) is 0 Å². The summed E-state index contributed by atoms with van der Waals surface area (Å²) in [4.78, 5) is 16.3. The van der Waals surface area contributed by atoms with Crippen molar-refractivity contribution in [1.82, 2.24) is 37.5 Å². The van der Waals surface area contributed by atoms with E-state index in [-0.39, 0.29) is 0 Å². The maximum Gasteiger partial charge on any atom is 0.236 e. The highest BCUT2D eigenvalue weighted by atomic mass is 15.2. The van der Waals surface area contributed by atoms with Crippen LogP contribution in [0, 0.1) is 0 Å². The molecule has 0 amide bonds. The highest BCUT2D eigenvalue weighted by Gasteiger charge is 2.26. The van der Waals surface area contributed by atoms with Crippen molar-refractivity contribution in [1.29, 1.82) is 0 Å². The van der Waals surface area contributed by atoms with Gasteiger partial charge in [0.25, 0.3) is 0 Å². The van der Waals surface area contributed by atoms with Crippen molar-refractivity contribution in [2.75, 3.05) is 0 Å². The van der Waals surface area contributed by atoms with Crippen LogP contribution in [0.3, 0.4) is 0 Å². The molecule has 0 saturated heterocycles. The molecule has 282 valence electrons. The van der Waals surface area contributed by atoms with Crippen molar-refractivity contribution in [3.8, 4) is 17.3 Å². The number of fused-ring (bicyclic) bond motifs is 15. The van der Waals surface area contributed by atoms with E-state index in [9.17, 15) is 0 Å². The van der Waals surface area contributed by atoms with Crippen LogP contribution in [0.5, 0.6) is 0 Å². The van der Waals surface area contributed by atoms with Crippen LogP contribution in [0.2, 0.25) is 0 Å². The molecular weight excluding hydrogens is 749 g/mol. The molecule has 0 aliphatic carbocycles. The van der Waals surface area contributed by atoms with Crippen molar-refractivity contribution >= 4 is 110 Å². The topological polar surface area (TPSA) is 62.3 Å². The lowest BCUT2D eigenvalue weighted by molar-refractivity contribution is 1.01. The molecule has 0 bridgehead atoms. The summed E-state index contributed by atoms with van der Waals surface area (Å²) in [6.07, 6.45) is 1.98. The number of para-hydroxylation sites is 5. The number of hydrogen-bond acceptors (Lipinski definition) is 3. The van der Waals surface area contributed by atoms with Crippen molar-refractivity contribution in [3.63, 3.8) is 0 Å². The second kappa shape index (κ2) is 11.2. The van der Waals surface area contributed by atoms with Crippen molar-refractivity contribution in [3.05, 3.63) is 182 Å². The van der Waals surface area contributed by atoms with E-state index < -0.39 is 0 Å². The van der Waals surface area contributed by atoms with Gasteiger partial charge in [0.05, 0.1) is 55.8 Å². The van der Waals surface area contributed by atoms with E-state index in [0.717, 1.165) is 88.5 Å². The monoisotopic (exact) mass is 778 g/mol. The lowest BCUT2D eigenvalue weighted by atomic mass is 10.1. The van der Waals surface area contributed by atoms with Gasteiger partial charge in [-0.05, 0) is 66.7 Å². The summed E-state index contributed by atoms with van der Waals surface area (Å²) < 4.78 is 11.6. The van der Waals surface area contributed by atoms with Crippen LogP contribution in [0.25, 0.3) is 127 Å². The number of imidazole rings is 1. The van der Waals surface area contributed by atoms with Crippen molar-refractivity contribution in [2.24, 2.45) is 0 Å². The summed E-state index contributed by atoms with van der Waals surface area (Å²) in [5, 5.41) is 9.41. The third-order valence-corrected chi connectivity index (χ3v) is 13.1. The number of benzene rings is 8. The average Bonchev–Trinajstić information content (AvgIpc) is 4.10. The molecule has 0 fully saturated rings. The zero-order valence-corrected chi connectivity index (χ0v) is 32.4. The van der Waals surface area contributed by atoms with E-state index in [4.69, 9.17) is 15.0 Å². The highest BCUT2D eigenvalue weighted by molar-refractivity contribution is 6.30. The molecule has 7 heterocycles. The molecule has 0 spiro atoms. The fraction of sp³-hybridized carbons (Fsp3) is 0. The molecule has 8 nitrogen and oxygen atoms in total. The second-order valence-electron chi connectivity index (χ2n) is 16.1. The van der Waals surface area contributed by atoms with E-state index in [1.165, 1.54) is 26.9 Å². The predicted molar refractivity (Wildman–Crippen MR) is 248 cm³/mol. The summed E-state index contributed by atoms with van der Waals surface area (Å²) in [6, 6.07) is 63.0. The molecule has 0 N–H and O–H groups in total. The van der Waals surface area contributed by atoms with E-state index in [2.05, 4.69) is 198 Å². The van der Waals surface area contributed by atoms with Gasteiger partial charge in [-0.2, -0.15) is 9.97 Å². The minimum absolute atomic E-state index is 0.578. The first-order valence-electron chi connectivity index (χ1n) is 20.6. The van der Waals surface area contributed by atoms with Crippen LogP contribution in [0.1, 0.15) is 0 Å². The Morgan fingerprint density at radius 3 is 1.59 bits per heavy atom. The molecule has 8 aromatic carbocycles. The van der Waals surface area contributed by atoms with Gasteiger partial charge in [-0.25, -0.2) is 4.98 Å². The Labute approximate surface area is 345 Å². The molecule has 61 heavy (non-hydrogen) atoms. The zero-order chi connectivity index (χ0) is 39.5. The molecule has 0 aliphatic heterocycles. The molecule has 7 aromatic heterocycles. The van der Waals surface area contributed by atoms with Crippen LogP contribution in [0.15, 0.2) is 182 Å². The molecule has 15 rings (SSSR count). The Morgan fingerprint density at radius 2 is 0.852 bits per heavy atom. The summed E-state index contributed by atoms with van der Waals surface area (Å²) >= 11 is 0. The minimum atomic E-state index is 0.578. The van der Waals surface area contributed by atoms with Gasteiger partial charge in [0, 0.05) is 54.5 Å². The maximum atomic E-state index is 5.52. The Balaban J connectivity index is 1.10. The fourth-order valence-corrected chi connectivity index (χ4v) is 10.7. The standard InChI is InChI=1S/C53H30N8/c1-3-14-31(15-4-1)57-40-23-12-9-20-37(40)46-43(57)28-26-35-33-18-7-10-21-38(33)60(49(35)46)52-54-30-45-51(55-52)56-53-59(45)42-25-13-24-41-47(42)48-44(58(41)32-16-5-2-6-17-32)29-27-36-34-19-8-11-22-39(34)61(53)50(36)48/h1-30H. The highest BCUT2D eigenvalue weighted by Crippen LogP contribution is 2.45. The summed E-state index contributed by atoms with van der Waals surface area (Å²) in [6.45, 7) is 0. The van der Waals surface area contributed by atoms with E-state index in [1.807, 2.05) is 6.20 Å². The minimum Gasteiger partial charge on any atom is -0.309 e. The SMILES string of the molecule is c1ccc(-n2c3ccccc3c3c2ccc2c4ccccc4n(-c4ncc5c(n4)nc4n5c5cccc6c5c5c(ccc7c8ccccc8n4c75)n6-c4ccccc4)c23)cc1. The van der Waals surface area contributed by atoms with Gasteiger partial charge in [0.15, 0.2) is 5.65 Å². The Bertz CT molecular complexity index is 4330. The predicted octanol–water partition coefficient (Wildman–Crippen LogP) is 12.6. The third kappa shape index (κ3) is 3.83. The summed E-state index contributed by atoms with van der Waals surface area (Å²) in [7, 11) is 0. The maximum absolute atomic E-state index is 5.52. The number of hydrogen-bond donors (Lipinski definition) is 0. The second-order valence-corrected chi connectivity index (χ2v) is 16.1. The zero-order valence-electron chi connectivity index (χ0n) is 32.4. The number of rotatable bonds is 3. The summed E-state index contributed by atoms with van der Waals surface area (Å²) in [5.74, 6) is 1.38. The van der Waals surface area contributed by atoms with Gasteiger partial charge >= 0.3 is 0 Å².